The number of ether oxygens (including phenoxy) is 1. The molecule has 1 fully saturated rings. The second-order valence-electron chi connectivity index (χ2n) is 6.88. The van der Waals surface area contributed by atoms with Gasteiger partial charge in [0.1, 0.15) is 5.75 Å². The highest BCUT2D eigenvalue weighted by molar-refractivity contribution is 7.90. The molecule has 152 valence electrons. The van der Waals surface area contributed by atoms with E-state index in [9.17, 15) is 13.2 Å². The number of aromatic nitrogens is 1. The number of benzene rings is 2. The first-order valence-corrected chi connectivity index (χ1v) is 11.9. The summed E-state index contributed by atoms with van der Waals surface area (Å²) in [5.41, 5.74) is 1.35. The van der Waals surface area contributed by atoms with E-state index in [4.69, 9.17) is 4.74 Å². The van der Waals surface area contributed by atoms with Crippen molar-refractivity contribution in [3.63, 3.8) is 0 Å². The number of carbonyl (C=O) groups is 1. The Morgan fingerprint density at radius 2 is 1.83 bits per heavy atom. The summed E-state index contributed by atoms with van der Waals surface area (Å²) in [6.07, 6.45) is 1.20. The zero-order valence-corrected chi connectivity index (χ0v) is 17.8. The maximum atomic E-state index is 12.9. The monoisotopic (exact) mass is 431 g/mol. The Morgan fingerprint density at radius 1 is 1.10 bits per heavy atom. The first-order chi connectivity index (χ1) is 13.9. The van der Waals surface area contributed by atoms with Crippen molar-refractivity contribution >= 4 is 42.4 Å². The van der Waals surface area contributed by atoms with E-state index in [0.29, 0.717) is 42.4 Å². The van der Waals surface area contributed by atoms with Gasteiger partial charge in [0, 0.05) is 32.4 Å². The number of hydrogen-bond acceptors (Lipinski definition) is 7. The number of anilines is 1. The Kier molecular flexibility index (Phi) is 5.18. The SMILES string of the molecule is COc1ccccc1C(=O)N1CCN(c2nc3ccc(S(C)(=O)=O)cc3s2)CC1. The Balaban J connectivity index is 1.49. The molecule has 0 atom stereocenters. The van der Waals surface area contributed by atoms with Gasteiger partial charge in [-0.05, 0) is 30.3 Å². The number of carbonyl (C=O) groups excluding carboxylic acids is 1. The van der Waals surface area contributed by atoms with Gasteiger partial charge in [-0.1, -0.05) is 23.5 Å². The van der Waals surface area contributed by atoms with Crippen LogP contribution in [0, 0.1) is 0 Å². The molecule has 1 amide bonds. The Hall–Kier alpha value is -2.65. The van der Waals surface area contributed by atoms with Gasteiger partial charge < -0.3 is 14.5 Å². The number of para-hydroxylation sites is 1. The quantitative estimate of drug-likeness (QED) is 0.632. The summed E-state index contributed by atoms with van der Waals surface area (Å²) < 4.78 is 29.7. The number of nitrogens with zero attached hydrogens (tertiary/aromatic N) is 3. The van der Waals surface area contributed by atoms with Crippen LogP contribution < -0.4 is 9.64 Å². The minimum Gasteiger partial charge on any atom is -0.496 e. The van der Waals surface area contributed by atoms with Gasteiger partial charge >= 0.3 is 0 Å². The van der Waals surface area contributed by atoms with E-state index >= 15 is 0 Å². The topological polar surface area (TPSA) is 79.8 Å². The number of thiazole rings is 1. The van der Waals surface area contributed by atoms with E-state index in [0.717, 1.165) is 15.3 Å². The molecule has 1 saturated heterocycles. The molecule has 1 aromatic heterocycles. The lowest BCUT2D eigenvalue weighted by Gasteiger charge is -2.34. The van der Waals surface area contributed by atoms with Crippen LogP contribution in [0.2, 0.25) is 0 Å². The second-order valence-corrected chi connectivity index (χ2v) is 9.90. The Bertz CT molecular complexity index is 1170. The third-order valence-electron chi connectivity index (χ3n) is 4.95. The molecule has 0 unspecified atom stereocenters. The number of amides is 1. The maximum Gasteiger partial charge on any atom is 0.257 e. The lowest BCUT2D eigenvalue weighted by molar-refractivity contribution is 0.0743. The highest BCUT2D eigenvalue weighted by atomic mass is 32.2. The van der Waals surface area contributed by atoms with E-state index in [1.807, 2.05) is 17.0 Å². The number of sulfone groups is 1. The average Bonchev–Trinajstić information content (AvgIpc) is 3.16. The molecule has 29 heavy (non-hydrogen) atoms. The van der Waals surface area contributed by atoms with Crippen molar-refractivity contribution in [3.8, 4) is 5.75 Å². The van der Waals surface area contributed by atoms with Crippen LogP contribution >= 0.6 is 11.3 Å². The van der Waals surface area contributed by atoms with Gasteiger partial charge in [0.15, 0.2) is 15.0 Å². The zero-order valence-electron chi connectivity index (χ0n) is 16.2. The van der Waals surface area contributed by atoms with Crippen LogP contribution in [0.1, 0.15) is 10.4 Å². The van der Waals surface area contributed by atoms with Crippen LogP contribution in [0.25, 0.3) is 10.2 Å². The molecule has 1 aliphatic heterocycles. The van der Waals surface area contributed by atoms with E-state index < -0.39 is 9.84 Å². The van der Waals surface area contributed by atoms with Crippen LogP contribution in [0.15, 0.2) is 47.4 Å². The molecule has 0 saturated carbocycles. The lowest BCUT2D eigenvalue weighted by atomic mass is 10.1. The Labute approximate surface area is 173 Å². The Morgan fingerprint density at radius 3 is 2.52 bits per heavy atom. The molecule has 0 N–H and O–H groups in total. The first kappa shape index (κ1) is 19.7. The summed E-state index contributed by atoms with van der Waals surface area (Å²) in [4.78, 5) is 21.8. The van der Waals surface area contributed by atoms with Crippen LogP contribution in [0.3, 0.4) is 0 Å². The molecular weight excluding hydrogens is 410 g/mol. The molecule has 9 heteroatoms. The van der Waals surface area contributed by atoms with Crippen LogP contribution in [-0.2, 0) is 9.84 Å². The van der Waals surface area contributed by atoms with E-state index in [2.05, 4.69) is 9.88 Å². The van der Waals surface area contributed by atoms with Crippen molar-refractivity contribution in [1.29, 1.82) is 0 Å². The van der Waals surface area contributed by atoms with Gasteiger partial charge in [-0.3, -0.25) is 4.79 Å². The van der Waals surface area contributed by atoms with Crippen LogP contribution in [-0.4, -0.2) is 63.8 Å². The molecule has 2 heterocycles. The molecule has 4 rings (SSSR count). The van der Waals surface area contributed by atoms with Gasteiger partial charge in [0.25, 0.3) is 5.91 Å². The standard InChI is InChI=1S/C20H21N3O4S2/c1-27-17-6-4-3-5-15(17)19(24)22-9-11-23(12-10-22)20-21-16-8-7-14(29(2,25)26)13-18(16)28-20/h3-8,13H,9-12H2,1-2H3. The maximum absolute atomic E-state index is 12.9. The summed E-state index contributed by atoms with van der Waals surface area (Å²) in [7, 11) is -1.69. The molecule has 0 bridgehead atoms. The van der Waals surface area contributed by atoms with Crippen LogP contribution in [0.4, 0.5) is 5.13 Å². The number of fused-ring (bicyclic) bond motifs is 1. The smallest absolute Gasteiger partial charge is 0.257 e. The number of rotatable bonds is 4. The van der Waals surface area contributed by atoms with E-state index in [1.165, 1.54) is 17.6 Å². The molecular formula is C20H21N3O4S2. The van der Waals surface area contributed by atoms with Crippen molar-refractivity contribution in [2.45, 2.75) is 4.90 Å². The van der Waals surface area contributed by atoms with Crippen molar-refractivity contribution in [1.82, 2.24) is 9.88 Å². The molecule has 3 aromatic rings. The first-order valence-electron chi connectivity index (χ1n) is 9.15. The van der Waals surface area contributed by atoms with Crippen molar-refractivity contribution in [3.05, 3.63) is 48.0 Å². The minimum absolute atomic E-state index is 0.0378. The van der Waals surface area contributed by atoms with Crippen LogP contribution in [0.5, 0.6) is 5.75 Å². The van der Waals surface area contributed by atoms with Crippen molar-refractivity contribution in [2.75, 3.05) is 44.4 Å². The number of piperazine rings is 1. The zero-order chi connectivity index (χ0) is 20.6. The third-order valence-corrected chi connectivity index (χ3v) is 7.14. The fourth-order valence-corrected chi connectivity index (χ4v) is 5.13. The van der Waals surface area contributed by atoms with E-state index in [1.54, 1.807) is 37.4 Å². The molecule has 7 nitrogen and oxygen atoms in total. The van der Waals surface area contributed by atoms with E-state index in [-0.39, 0.29) is 5.91 Å². The van der Waals surface area contributed by atoms with Gasteiger partial charge in [-0.25, -0.2) is 13.4 Å². The van der Waals surface area contributed by atoms with Gasteiger partial charge in [0.2, 0.25) is 0 Å². The number of methoxy groups -OCH3 is 1. The summed E-state index contributed by atoms with van der Waals surface area (Å²) in [6, 6.07) is 12.2. The molecule has 0 aliphatic carbocycles. The van der Waals surface area contributed by atoms with Crippen molar-refractivity contribution in [2.24, 2.45) is 0 Å². The molecule has 2 aromatic carbocycles. The molecule has 0 radical (unpaired) electrons. The summed E-state index contributed by atoms with van der Waals surface area (Å²) in [5.74, 6) is 0.539. The average molecular weight is 432 g/mol. The predicted octanol–water partition coefficient (Wildman–Crippen LogP) is 2.67. The number of hydrogen-bond donors (Lipinski definition) is 0. The highest BCUT2D eigenvalue weighted by Crippen LogP contribution is 2.31. The summed E-state index contributed by atoms with van der Waals surface area (Å²) in [6.45, 7) is 2.50. The van der Waals surface area contributed by atoms with Gasteiger partial charge in [-0.2, -0.15) is 0 Å². The highest BCUT2D eigenvalue weighted by Gasteiger charge is 2.25. The van der Waals surface area contributed by atoms with Gasteiger partial charge in [-0.15, -0.1) is 0 Å². The molecule has 1 aliphatic rings. The third kappa shape index (κ3) is 3.92. The second kappa shape index (κ2) is 7.64. The largest absolute Gasteiger partial charge is 0.496 e. The van der Waals surface area contributed by atoms with Crippen molar-refractivity contribution < 1.29 is 17.9 Å². The van der Waals surface area contributed by atoms with Gasteiger partial charge in [0.05, 0.1) is 27.8 Å². The fourth-order valence-electron chi connectivity index (χ4n) is 3.35. The minimum atomic E-state index is -3.25. The molecule has 0 spiro atoms. The summed E-state index contributed by atoms with van der Waals surface area (Å²) >= 11 is 1.47. The fraction of sp³-hybridized carbons (Fsp3) is 0.300. The summed E-state index contributed by atoms with van der Waals surface area (Å²) in [5, 5.41) is 0.843. The predicted molar refractivity (Wildman–Crippen MR) is 114 cm³/mol. The lowest BCUT2D eigenvalue weighted by Crippen LogP contribution is -2.48. The normalized spacial score (nSPS) is 15.0.